The molecule has 0 aliphatic carbocycles. The van der Waals surface area contributed by atoms with Gasteiger partial charge in [0.1, 0.15) is 0 Å². The first-order chi connectivity index (χ1) is 8.00. The predicted molar refractivity (Wildman–Crippen MR) is 71.6 cm³/mol. The lowest BCUT2D eigenvalue weighted by molar-refractivity contribution is 0.596. The third-order valence-corrected chi connectivity index (χ3v) is 3.87. The van der Waals surface area contributed by atoms with Crippen molar-refractivity contribution in [3.8, 4) is 0 Å². The topological polar surface area (TPSA) is 58.2 Å². The first-order valence-corrected chi connectivity index (χ1v) is 7.48. The lowest BCUT2D eigenvalue weighted by atomic mass is 10.1. The van der Waals surface area contributed by atoms with Gasteiger partial charge in [0, 0.05) is 6.04 Å². The van der Waals surface area contributed by atoms with Crippen LogP contribution in [0.5, 0.6) is 0 Å². The van der Waals surface area contributed by atoms with Crippen LogP contribution >= 0.6 is 0 Å². The molecule has 2 N–H and O–H groups in total. The van der Waals surface area contributed by atoms with Crippen LogP contribution in [0.1, 0.15) is 32.4 Å². The highest BCUT2D eigenvalue weighted by Crippen LogP contribution is 2.23. The molecule has 96 valence electrons. The second kappa shape index (κ2) is 6.02. The van der Waals surface area contributed by atoms with Gasteiger partial charge in [-0.15, -0.1) is 0 Å². The van der Waals surface area contributed by atoms with Crippen molar-refractivity contribution in [2.45, 2.75) is 26.8 Å². The van der Waals surface area contributed by atoms with E-state index in [1.807, 2.05) is 32.0 Å². The van der Waals surface area contributed by atoms with Crippen molar-refractivity contribution >= 4 is 15.7 Å². The minimum Gasteiger partial charge on any atom is -0.310 e. The Kier molecular flexibility index (Phi) is 4.96. The van der Waals surface area contributed by atoms with Crippen molar-refractivity contribution in [3.05, 3.63) is 29.8 Å². The molecule has 0 bridgehead atoms. The zero-order valence-electron chi connectivity index (χ0n) is 10.5. The Balaban J connectivity index is 3.00. The number of rotatable bonds is 6. The lowest BCUT2D eigenvalue weighted by Crippen LogP contribution is -2.21. The molecule has 0 aliphatic rings. The van der Waals surface area contributed by atoms with Crippen LogP contribution in [0, 0.1) is 0 Å². The Bertz CT molecular complexity index is 457. The van der Waals surface area contributed by atoms with Gasteiger partial charge < -0.3 is 5.32 Å². The summed E-state index contributed by atoms with van der Waals surface area (Å²) in [6, 6.07) is 7.58. The van der Waals surface area contributed by atoms with Gasteiger partial charge in [-0.2, -0.15) is 0 Å². The molecule has 1 unspecified atom stereocenters. The minimum atomic E-state index is -3.22. The highest BCUT2D eigenvalue weighted by atomic mass is 32.2. The normalized spacial score (nSPS) is 13.4. The van der Waals surface area contributed by atoms with Crippen molar-refractivity contribution in [3.63, 3.8) is 0 Å². The molecule has 0 amide bonds. The van der Waals surface area contributed by atoms with Gasteiger partial charge in [-0.1, -0.05) is 25.1 Å². The number of benzene rings is 1. The van der Waals surface area contributed by atoms with Gasteiger partial charge in [-0.25, -0.2) is 8.42 Å². The second-order valence-electron chi connectivity index (χ2n) is 3.87. The van der Waals surface area contributed by atoms with Crippen LogP contribution in [0.25, 0.3) is 0 Å². The van der Waals surface area contributed by atoms with Gasteiger partial charge >= 0.3 is 0 Å². The molecular formula is C12H20N2O2S. The van der Waals surface area contributed by atoms with E-state index in [0.29, 0.717) is 5.69 Å². The third-order valence-electron chi connectivity index (χ3n) is 2.58. The molecule has 1 aromatic carbocycles. The molecule has 0 saturated carbocycles. The molecule has 0 heterocycles. The standard InChI is InChI=1S/C12H20N2O2S/c1-4-13-10(3)11-8-6-7-9-12(11)14-17(15,16)5-2/h6-10,13-14H,4-5H2,1-3H3. The maximum Gasteiger partial charge on any atom is 0.232 e. The fourth-order valence-electron chi connectivity index (χ4n) is 1.62. The second-order valence-corrected chi connectivity index (χ2v) is 5.88. The van der Waals surface area contributed by atoms with Crippen LogP contribution < -0.4 is 10.0 Å². The molecule has 4 nitrogen and oxygen atoms in total. The number of sulfonamides is 1. The quantitative estimate of drug-likeness (QED) is 0.819. The molecule has 0 aromatic heterocycles. The molecule has 0 fully saturated rings. The Morgan fingerprint density at radius 1 is 1.24 bits per heavy atom. The summed E-state index contributed by atoms with van der Waals surface area (Å²) >= 11 is 0. The zero-order chi connectivity index (χ0) is 12.9. The Labute approximate surface area is 103 Å². The molecule has 17 heavy (non-hydrogen) atoms. The van der Waals surface area contributed by atoms with E-state index in [-0.39, 0.29) is 11.8 Å². The van der Waals surface area contributed by atoms with Crippen molar-refractivity contribution in [1.29, 1.82) is 0 Å². The molecular weight excluding hydrogens is 236 g/mol. The Hall–Kier alpha value is -1.07. The first kappa shape index (κ1) is 14.0. The maximum absolute atomic E-state index is 11.6. The van der Waals surface area contributed by atoms with E-state index in [1.165, 1.54) is 0 Å². The summed E-state index contributed by atoms with van der Waals surface area (Å²) in [5, 5.41) is 3.27. The van der Waals surface area contributed by atoms with Crippen LogP contribution in [0.3, 0.4) is 0 Å². The Morgan fingerprint density at radius 2 is 1.88 bits per heavy atom. The molecule has 1 rings (SSSR count). The average molecular weight is 256 g/mol. The fraction of sp³-hybridized carbons (Fsp3) is 0.500. The van der Waals surface area contributed by atoms with E-state index in [2.05, 4.69) is 10.0 Å². The highest BCUT2D eigenvalue weighted by molar-refractivity contribution is 7.92. The molecule has 0 saturated heterocycles. The van der Waals surface area contributed by atoms with Crippen LogP contribution in [0.4, 0.5) is 5.69 Å². The predicted octanol–water partition coefficient (Wildman–Crippen LogP) is 2.12. The number of hydrogen-bond acceptors (Lipinski definition) is 3. The van der Waals surface area contributed by atoms with Gasteiger partial charge in [0.2, 0.25) is 10.0 Å². The summed E-state index contributed by atoms with van der Waals surface area (Å²) in [5.41, 5.74) is 1.62. The van der Waals surface area contributed by atoms with Crippen molar-refractivity contribution < 1.29 is 8.42 Å². The van der Waals surface area contributed by atoms with Crippen LogP contribution in [0.2, 0.25) is 0 Å². The first-order valence-electron chi connectivity index (χ1n) is 5.83. The molecule has 1 atom stereocenters. The van der Waals surface area contributed by atoms with E-state index in [1.54, 1.807) is 13.0 Å². The smallest absolute Gasteiger partial charge is 0.232 e. The summed E-state index contributed by atoms with van der Waals surface area (Å²) in [5.74, 6) is 0.0803. The van der Waals surface area contributed by atoms with Gasteiger partial charge in [0.15, 0.2) is 0 Å². The van der Waals surface area contributed by atoms with E-state index in [4.69, 9.17) is 0 Å². The van der Waals surface area contributed by atoms with Crippen LogP contribution in [-0.4, -0.2) is 20.7 Å². The monoisotopic (exact) mass is 256 g/mol. The SMILES string of the molecule is CCNC(C)c1ccccc1NS(=O)(=O)CC. The van der Waals surface area contributed by atoms with Gasteiger partial charge in [-0.05, 0) is 32.0 Å². The largest absolute Gasteiger partial charge is 0.310 e. The number of anilines is 1. The minimum absolute atomic E-state index is 0.0803. The number of nitrogens with one attached hydrogen (secondary N) is 2. The Morgan fingerprint density at radius 3 is 2.47 bits per heavy atom. The van der Waals surface area contributed by atoms with E-state index in [9.17, 15) is 8.42 Å². The van der Waals surface area contributed by atoms with Crippen molar-refractivity contribution in [2.24, 2.45) is 0 Å². The van der Waals surface area contributed by atoms with Crippen molar-refractivity contribution in [1.82, 2.24) is 5.32 Å². The van der Waals surface area contributed by atoms with E-state index in [0.717, 1.165) is 12.1 Å². The average Bonchev–Trinajstić information content (AvgIpc) is 2.29. The molecule has 0 spiro atoms. The lowest BCUT2D eigenvalue weighted by Gasteiger charge is -2.17. The number of hydrogen-bond donors (Lipinski definition) is 2. The fourth-order valence-corrected chi connectivity index (χ4v) is 2.29. The summed E-state index contributed by atoms with van der Waals surface area (Å²) in [7, 11) is -3.22. The summed E-state index contributed by atoms with van der Waals surface area (Å²) in [6.07, 6.45) is 0. The van der Waals surface area contributed by atoms with E-state index < -0.39 is 10.0 Å². The van der Waals surface area contributed by atoms with Gasteiger partial charge in [0.05, 0.1) is 11.4 Å². The van der Waals surface area contributed by atoms with Crippen LogP contribution in [0.15, 0.2) is 24.3 Å². The number of para-hydroxylation sites is 1. The molecule has 0 aliphatic heterocycles. The highest BCUT2D eigenvalue weighted by Gasteiger charge is 2.13. The summed E-state index contributed by atoms with van der Waals surface area (Å²) < 4.78 is 25.7. The van der Waals surface area contributed by atoms with E-state index >= 15 is 0 Å². The maximum atomic E-state index is 11.6. The van der Waals surface area contributed by atoms with Crippen molar-refractivity contribution in [2.75, 3.05) is 17.0 Å². The van der Waals surface area contributed by atoms with Crippen LogP contribution in [-0.2, 0) is 10.0 Å². The van der Waals surface area contributed by atoms with Gasteiger partial charge in [-0.3, -0.25) is 4.72 Å². The summed E-state index contributed by atoms with van der Waals surface area (Å²) in [4.78, 5) is 0. The molecule has 0 radical (unpaired) electrons. The molecule has 1 aromatic rings. The van der Waals surface area contributed by atoms with Gasteiger partial charge in [0.25, 0.3) is 0 Å². The third kappa shape index (κ3) is 4.02. The summed E-state index contributed by atoms with van der Waals surface area (Å²) in [6.45, 7) is 6.51. The zero-order valence-corrected chi connectivity index (χ0v) is 11.3. The molecule has 5 heteroatoms.